The van der Waals surface area contributed by atoms with E-state index in [1.54, 1.807) is 41.1 Å². The summed E-state index contributed by atoms with van der Waals surface area (Å²) in [5.41, 5.74) is 3.10. The predicted molar refractivity (Wildman–Crippen MR) is 201 cm³/mol. The maximum Gasteiger partial charge on any atom is 0.415 e. The molecule has 3 amide bonds. The van der Waals surface area contributed by atoms with Gasteiger partial charge in [-0.05, 0) is 48.1 Å². The Morgan fingerprint density at radius 3 is 1.80 bits per heavy atom. The summed E-state index contributed by atoms with van der Waals surface area (Å²) in [5.74, 6) is 0.251. The summed E-state index contributed by atoms with van der Waals surface area (Å²) in [6, 6.07) is 21.9. The van der Waals surface area contributed by atoms with Gasteiger partial charge in [0.05, 0.1) is 21.1 Å². The number of benzene rings is 4. The van der Waals surface area contributed by atoms with Crippen LogP contribution in [-0.4, -0.2) is 91.9 Å². The van der Waals surface area contributed by atoms with E-state index in [9.17, 15) is 19.5 Å². The number of carbonyl (C=O) groups excluding carboxylic acids is 3. The molecule has 2 unspecified atom stereocenters. The van der Waals surface area contributed by atoms with Crippen LogP contribution in [0, 0.1) is 0 Å². The molecule has 1 N–H and O–H groups in total. The molecule has 0 aliphatic carbocycles. The molecule has 3 heterocycles. The molecule has 0 saturated carbocycles. The third-order valence-corrected chi connectivity index (χ3v) is 11.4. The van der Waals surface area contributed by atoms with Gasteiger partial charge in [-0.2, -0.15) is 0 Å². The maximum absolute atomic E-state index is 14.2. The van der Waals surface area contributed by atoms with Crippen molar-refractivity contribution in [3.8, 4) is 11.5 Å². The van der Waals surface area contributed by atoms with Crippen molar-refractivity contribution in [3.63, 3.8) is 0 Å². The van der Waals surface area contributed by atoms with Crippen LogP contribution in [0.3, 0.4) is 0 Å². The molecule has 0 fully saturated rings. The smallest absolute Gasteiger partial charge is 0.415 e. The monoisotopic (exact) mass is 730 g/mol. The van der Waals surface area contributed by atoms with Crippen molar-refractivity contribution in [2.24, 2.45) is 0 Å². The number of rotatable bonds is 8. The minimum absolute atomic E-state index is 0.0914. The standard InChI is InChI=1S/C38H36Cl2N4O5S/c1-41(2)14-15-42(3)38(48)49-31-17-29-35(27-11-7-5-9-25(27)31)23(19-40)21-44(29)37(47)33-13-12-32(50-33)36(46)43-20-22(18-39)34-26-10-6-4-8-24(26)30(45)16-28(34)43/h4-13,16-17,22-23,45H,14-15,18-21H2,1-3H3. The zero-order chi connectivity index (χ0) is 35.3. The Morgan fingerprint density at radius 2 is 1.26 bits per heavy atom. The van der Waals surface area contributed by atoms with Crippen molar-refractivity contribution in [2.75, 3.05) is 68.9 Å². The Bertz CT molecular complexity index is 2150. The number of ether oxygens (including phenoxy) is 1. The number of halogens is 2. The number of hydrogen-bond donors (Lipinski definition) is 1. The van der Waals surface area contributed by atoms with Gasteiger partial charge in [0.25, 0.3) is 11.8 Å². The number of fused-ring (bicyclic) bond motifs is 6. The highest BCUT2D eigenvalue weighted by Gasteiger charge is 2.38. The normalized spacial score (nSPS) is 16.7. The Hall–Kier alpha value is -4.35. The van der Waals surface area contributed by atoms with E-state index in [0.717, 1.165) is 38.6 Å². The summed E-state index contributed by atoms with van der Waals surface area (Å²) in [6.07, 6.45) is -0.496. The summed E-state index contributed by atoms with van der Waals surface area (Å²) in [4.78, 5) is 49.0. The summed E-state index contributed by atoms with van der Waals surface area (Å²) >= 11 is 14.0. The Morgan fingerprint density at radius 1 is 0.760 bits per heavy atom. The molecule has 9 nitrogen and oxygen atoms in total. The third kappa shape index (κ3) is 5.94. The molecule has 258 valence electrons. The summed E-state index contributed by atoms with van der Waals surface area (Å²) < 4.78 is 5.95. The zero-order valence-electron chi connectivity index (χ0n) is 27.9. The van der Waals surface area contributed by atoms with Crippen molar-refractivity contribution in [3.05, 3.63) is 93.7 Å². The summed E-state index contributed by atoms with van der Waals surface area (Å²) in [6.45, 7) is 1.87. The molecular formula is C38H36Cl2N4O5S. The molecule has 0 saturated heterocycles. The van der Waals surface area contributed by atoms with Crippen LogP contribution < -0.4 is 14.5 Å². The van der Waals surface area contributed by atoms with Crippen LogP contribution in [0.4, 0.5) is 16.2 Å². The minimum Gasteiger partial charge on any atom is -0.507 e. The van der Waals surface area contributed by atoms with Crippen LogP contribution in [0.25, 0.3) is 21.5 Å². The molecule has 12 heteroatoms. The third-order valence-electron chi connectivity index (χ3n) is 9.56. The molecule has 0 spiro atoms. The van der Waals surface area contributed by atoms with Crippen molar-refractivity contribution in [1.29, 1.82) is 0 Å². The number of carbonyl (C=O) groups is 3. The topological polar surface area (TPSA) is 93.6 Å². The highest BCUT2D eigenvalue weighted by molar-refractivity contribution is 7.16. The number of amides is 3. The first-order chi connectivity index (χ1) is 24.1. The van der Waals surface area contributed by atoms with Crippen molar-refractivity contribution >= 4 is 85.4 Å². The van der Waals surface area contributed by atoms with E-state index in [4.69, 9.17) is 27.9 Å². The van der Waals surface area contributed by atoms with Crippen LogP contribution in [0.5, 0.6) is 11.5 Å². The van der Waals surface area contributed by atoms with Crippen LogP contribution in [-0.2, 0) is 0 Å². The average Bonchev–Trinajstić information content (AvgIpc) is 3.86. The molecule has 50 heavy (non-hydrogen) atoms. The fraction of sp³-hybridized carbons (Fsp3) is 0.289. The van der Waals surface area contributed by atoms with Crippen molar-refractivity contribution in [1.82, 2.24) is 9.80 Å². The first-order valence-electron chi connectivity index (χ1n) is 16.3. The van der Waals surface area contributed by atoms with Crippen LogP contribution in [0.15, 0.2) is 72.8 Å². The van der Waals surface area contributed by atoms with Gasteiger partial charge in [-0.15, -0.1) is 34.5 Å². The fourth-order valence-electron chi connectivity index (χ4n) is 7.01. The quantitative estimate of drug-likeness (QED) is 0.164. The van der Waals surface area contributed by atoms with Gasteiger partial charge in [-0.1, -0.05) is 48.5 Å². The first kappa shape index (κ1) is 34.1. The lowest BCUT2D eigenvalue weighted by atomic mass is 9.95. The SMILES string of the molecule is CN(C)CCN(C)C(=O)Oc1cc2c(c3ccccc13)C(CCl)CN2C(=O)c1ccc(C(=O)N2CC(CCl)c3c2cc(O)c2ccccc32)s1. The number of anilines is 2. The second kappa shape index (κ2) is 13.8. The Kier molecular flexibility index (Phi) is 9.38. The zero-order valence-corrected chi connectivity index (χ0v) is 30.2. The fourth-order valence-corrected chi connectivity index (χ4v) is 8.42. The van der Waals surface area contributed by atoms with E-state index in [1.807, 2.05) is 67.5 Å². The molecule has 2 atom stereocenters. The summed E-state index contributed by atoms with van der Waals surface area (Å²) in [5, 5.41) is 14.0. The van der Waals surface area contributed by atoms with Gasteiger partial charge in [0, 0.05) is 79.7 Å². The van der Waals surface area contributed by atoms with Crippen molar-refractivity contribution in [2.45, 2.75) is 11.8 Å². The number of nitrogens with zero attached hydrogens (tertiary/aromatic N) is 4. The molecule has 4 aromatic carbocycles. The van der Waals surface area contributed by atoms with Crippen LogP contribution in [0.1, 0.15) is 42.3 Å². The average molecular weight is 732 g/mol. The lowest BCUT2D eigenvalue weighted by Gasteiger charge is -2.21. The number of hydrogen-bond acceptors (Lipinski definition) is 7. The second-order valence-corrected chi connectivity index (χ2v) is 14.7. The number of likely N-dealkylation sites (N-methyl/N-ethyl adjacent to an activating group) is 2. The molecule has 1 aromatic heterocycles. The van der Waals surface area contributed by atoms with Gasteiger partial charge in [-0.3, -0.25) is 9.59 Å². The maximum atomic E-state index is 14.2. The first-order valence-corrected chi connectivity index (χ1v) is 18.2. The molecule has 7 rings (SSSR count). The number of thiophene rings is 1. The number of phenols is 1. The lowest BCUT2D eigenvalue weighted by Crippen LogP contribution is -2.35. The van der Waals surface area contributed by atoms with Crippen LogP contribution in [0.2, 0.25) is 0 Å². The van der Waals surface area contributed by atoms with E-state index in [0.29, 0.717) is 70.2 Å². The van der Waals surface area contributed by atoms with E-state index in [-0.39, 0.29) is 29.4 Å². The van der Waals surface area contributed by atoms with E-state index in [1.165, 1.54) is 4.90 Å². The molecule has 5 aromatic rings. The van der Waals surface area contributed by atoms with Gasteiger partial charge < -0.3 is 29.4 Å². The van der Waals surface area contributed by atoms with E-state index < -0.39 is 6.09 Å². The Labute approximate surface area is 304 Å². The molecule has 0 radical (unpaired) electrons. The van der Waals surface area contributed by atoms with Crippen LogP contribution >= 0.6 is 34.5 Å². The van der Waals surface area contributed by atoms with Gasteiger partial charge >= 0.3 is 6.09 Å². The molecule has 2 aliphatic rings. The van der Waals surface area contributed by atoms with Gasteiger partial charge in [0.2, 0.25) is 0 Å². The Balaban J connectivity index is 1.20. The highest BCUT2D eigenvalue weighted by atomic mass is 35.5. The molecule has 0 bridgehead atoms. The van der Waals surface area contributed by atoms with E-state index in [2.05, 4.69) is 0 Å². The van der Waals surface area contributed by atoms with Gasteiger partial charge in [-0.25, -0.2) is 4.79 Å². The lowest BCUT2D eigenvalue weighted by molar-refractivity contribution is 0.0986. The molecule has 2 aliphatic heterocycles. The van der Waals surface area contributed by atoms with Gasteiger partial charge in [0.1, 0.15) is 11.5 Å². The summed E-state index contributed by atoms with van der Waals surface area (Å²) in [7, 11) is 5.57. The minimum atomic E-state index is -0.496. The number of alkyl halides is 2. The number of phenolic OH excluding ortho intramolecular Hbond substituents is 1. The highest BCUT2D eigenvalue weighted by Crippen LogP contribution is 2.48. The second-order valence-electron chi connectivity index (χ2n) is 13.0. The van der Waals surface area contributed by atoms with Gasteiger partial charge in [0.15, 0.2) is 0 Å². The number of aromatic hydroxyl groups is 1. The largest absolute Gasteiger partial charge is 0.507 e. The van der Waals surface area contributed by atoms with Crippen molar-refractivity contribution < 1.29 is 24.2 Å². The van der Waals surface area contributed by atoms with E-state index >= 15 is 0 Å². The molecular weight excluding hydrogens is 695 g/mol. The predicted octanol–water partition coefficient (Wildman–Crippen LogP) is 7.72.